The number of unbranched alkanes of at least 4 members (excludes halogenated alkanes) is 1. The predicted octanol–water partition coefficient (Wildman–Crippen LogP) is 3.99. The Morgan fingerprint density at radius 3 is 2.67 bits per heavy atom. The molecule has 0 aliphatic rings. The quantitative estimate of drug-likeness (QED) is 0.730. The Bertz CT molecular complexity index is 353. The Morgan fingerprint density at radius 1 is 1.28 bits per heavy atom. The number of rotatable bonds is 8. The van der Waals surface area contributed by atoms with Crippen molar-refractivity contribution in [2.24, 2.45) is 0 Å². The van der Waals surface area contributed by atoms with Crippen LogP contribution in [0.25, 0.3) is 0 Å². The van der Waals surface area contributed by atoms with Gasteiger partial charge in [-0.25, -0.2) is 0 Å². The number of thioether (sulfide) groups is 1. The summed E-state index contributed by atoms with van der Waals surface area (Å²) in [5.74, 6) is 2.23. The standard InChI is InChI=1S/C14H20BrNOS/c1-2-3-9-18-10-8-14(17)16-11-12-4-6-13(15)7-5-12/h4-7H,2-3,8-11H2,1H3,(H,16,17). The molecule has 100 valence electrons. The van der Waals surface area contributed by atoms with E-state index in [4.69, 9.17) is 0 Å². The lowest BCUT2D eigenvalue weighted by atomic mass is 10.2. The van der Waals surface area contributed by atoms with Crippen molar-refractivity contribution in [3.05, 3.63) is 34.3 Å². The van der Waals surface area contributed by atoms with E-state index in [0.717, 1.165) is 21.5 Å². The molecule has 1 N–H and O–H groups in total. The van der Waals surface area contributed by atoms with E-state index in [1.165, 1.54) is 12.8 Å². The Kier molecular flexibility index (Phi) is 8.18. The summed E-state index contributed by atoms with van der Waals surface area (Å²) in [6.45, 7) is 2.80. The number of hydrogen-bond acceptors (Lipinski definition) is 2. The smallest absolute Gasteiger partial charge is 0.221 e. The maximum Gasteiger partial charge on any atom is 0.221 e. The summed E-state index contributed by atoms with van der Waals surface area (Å²) in [4.78, 5) is 11.6. The molecule has 1 rings (SSSR count). The average Bonchev–Trinajstić information content (AvgIpc) is 2.38. The fourth-order valence-electron chi connectivity index (χ4n) is 1.40. The van der Waals surface area contributed by atoms with E-state index in [-0.39, 0.29) is 5.91 Å². The van der Waals surface area contributed by atoms with Crippen LogP contribution in [-0.4, -0.2) is 17.4 Å². The fourth-order valence-corrected chi connectivity index (χ4v) is 2.70. The van der Waals surface area contributed by atoms with Crippen molar-refractivity contribution in [3.8, 4) is 0 Å². The van der Waals surface area contributed by atoms with Crippen LogP contribution >= 0.6 is 27.7 Å². The van der Waals surface area contributed by atoms with Gasteiger partial charge in [0.25, 0.3) is 0 Å². The van der Waals surface area contributed by atoms with E-state index in [1.54, 1.807) is 0 Å². The van der Waals surface area contributed by atoms with Gasteiger partial charge in [-0.1, -0.05) is 41.4 Å². The average molecular weight is 330 g/mol. The van der Waals surface area contributed by atoms with Gasteiger partial charge in [-0.15, -0.1) is 0 Å². The highest BCUT2D eigenvalue weighted by Crippen LogP contribution is 2.10. The third-order valence-electron chi connectivity index (χ3n) is 2.52. The van der Waals surface area contributed by atoms with Gasteiger partial charge in [0.2, 0.25) is 5.91 Å². The zero-order chi connectivity index (χ0) is 13.2. The molecule has 1 amide bonds. The monoisotopic (exact) mass is 329 g/mol. The van der Waals surface area contributed by atoms with Crippen molar-refractivity contribution in [1.82, 2.24) is 5.32 Å². The van der Waals surface area contributed by atoms with Gasteiger partial charge < -0.3 is 5.32 Å². The largest absolute Gasteiger partial charge is 0.352 e. The second-order valence-corrected chi connectivity index (χ2v) is 6.26. The molecule has 1 aromatic rings. The third kappa shape index (κ3) is 7.07. The molecule has 2 nitrogen and oxygen atoms in total. The van der Waals surface area contributed by atoms with Crippen LogP contribution in [0.4, 0.5) is 0 Å². The molecule has 1 aromatic carbocycles. The van der Waals surface area contributed by atoms with Crippen LogP contribution < -0.4 is 5.32 Å². The molecular weight excluding hydrogens is 310 g/mol. The van der Waals surface area contributed by atoms with Crippen LogP contribution in [0.1, 0.15) is 31.7 Å². The van der Waals surface area contributed by atoms with Crippen LogP contribution in [0.15, 0.2) is 28.7 Å². The molecule has 0 saturated carbocycles. The first-order chi connectivity index (χ1) is 8.72. The van der Waals surface area contributed by atoms with E-state index in [2.05, 4.69) is 28.2 Å². The van der Waals surface area contributed by atoms with Crippen molar-refractivity contribution in [2.75, 3.05) is 11.5 Å². The normalized spacial score (nSPS) is 10.3. The Balaban J connectivity index is 2.11. The van der Waals surface area contributed by atoms with Crippen molar-refractivity contribution >= 4 is 33.6 Å². The molecule has 0 aliphatic carbocycles. The molecule has 0 unspecified atom stereocenters. The summed E-state index contributed by atoms with van der Waals surface area (Å²) in [6.07, 6.45) is 3.08. The lowest BCUT2D eigenvalue weighted by Crippen LogP contribution is -2.23. The molecule has 0 bridgehead atoms. The van der Waals surface area contributed by atoms with Gasteiger partial charge in [0.05, 0.1) is 0 Å². The first-order valence-electron chi connectivity index (χ1n) is 6.31. The van der Waals surface area contributed by atoms with Crippen molar-refractivity contribution in [1.29, 1.82) is 0 Å². The van der Waals surface area contributed by atoms with Gasteiger partial charge in [0, 0.05) is 23.2 Å². The van der Waals surface area contributed by atoms with E-state index in [9.17, 15) is 4.79 Å². The van der Waals surface area contributed by atoms with Crippen LogP contribution in [0.2, 0.25) is 0 Å². The molecule has 0 spiro atoms. The van der Waals surface area contributed by atoms with Crippen LogP contribution in [-0.2, 0) is 11.3 Å². The number of halogens is 1. The summed E-state index contributed by atoms with van der Waals surface area (Å²) >= 11 is 5.25. The van der Waals surface area contributed by atoms with E-state index in [0.29, 0.717) is 13.0 Å². The first kappa shape index (κ1) is 15.6. The van der Waals surface area contributed by atoms with E-state index >= 15 is 0 Å². The number of carbonyl (C=O) groups is 1. The molecule has 0 saturated heterocycles. The van der Waals surface area contributed by atoms with Crippen LogP contribution in [0.5, 0.6) is 0 Å². The fraction of sp³-hybridized carbons (Fsp3) is 0.500. The van der Waals surface area contributed by atoms with Gasteiger partial charge in [-0.2, -0.15) is 11.8 Å². The van der Waals surface area contributed by atoms with E-state index in [1.807, 2.05) is 36.0 Å². The van der Waals surface area contributed by atoms with Gasteiger partial charge in [-0.05, 0) is 29.9 Å². The molecular formula is C14H20BrNOS. The molecule has 0 heterocycles. The lowest BCUT2D eigenvalue weighted by molar-refractivity contribution is -0.120. The summed E-state index contributed by atoms with van der Waals surface area (Å²) in [5.41, 5.74) is 1.13. The molecule has 0 aromatic heterocycles. The summed E-state index contributed by atoms with van der Waals surface area (Å²) < 4.78 is 1.06. The van der Waals surface area contributed by atoms with Gasteiger partial charge >= 0.3 is 0 Å². The zero-order valence-electron chi connectivity index (χ0n) is 10.7. The predicted molar refractivity (Wildman–Crippen MR) is 82.8 cm³/mol. The van der Waals surface area contributed by atoms with Gasteiger partial charge in [-0.3, -0.25) is 4.79 Å². The minimum Gasteiger partial charge on any atom is -0.352 e. The minimum absolute atomic E-state index is 0.141. The third-order valence-corrected chi connectivity index (χ3v) is 4.12. The number of amides is 1. The maximum absolute atomic E-state index is 11.6. The highest BCUT2D eigenvalue weighted by molar-refractivity contribution is 9.10. The topological polar surface area (TPSA) is 29.1 Å². The molecule has 0 radical (unpaired) electrons. The molecule has 4 heteroatoms. The SMILES string of the molecule is CCCCSCCC(=O)NCc1ccc(Br)cc1. The van der Waals surface area contributed by atoms with E-state index < -0.39 is 0 Å². The Morgan fingerprint density at radius 2 is 2.00 bits per heavy atom. The summed E-state index contributed by atoms with van der Waals surface area (Å²) in [5, 5.41) is 2.94. The molecule has 18 heavy (non-hydrogen) atoms. The van der Waals surface area contributed by atoms with Crippen LogP contribution in [0, 0.1) is 0 Å². The maximum atomic E-state index is 11.6. The highest BCUT2D eigenvalue weighted by atomic mass is 79.9. The lowest BCUT2D eigenvalue weighted by Gasteiger charge is -2.05. The van der Waals surface area contributed by atoms with Gasteiger partial charge in [0.15, 0.2) is 0 Å². The Hall–Kier alpha value is -0.480. The summed E-state index contributed by atoms with van der Waals surface area (Å²) in [6, 6.07) is 8.00. The number of benzene rings is 1. The van der Waals surface area contributed by atoms with Gasteiger partial charge in [0.1, 0.15) is 0 Å². The molecule has 0 atom stereocenters. The van der Waals surface area contributed by atoms with Crippen LogP contribution in [0.3, 0.4) is 0 Å². The highest BCUT2D eigenvalue weighted by Gasteiger charge is 2.01. The second kappa shape index (κ2) is 9.45. The second-order valence-electron chi connectivity index (χ2n) is 4.12. The number of hydrogen-bond donors (Lipinski definition) is 1. The van der Waals surface area contributed by atoms with Crippen molar-refractivity contribution < 1.29 is 4.79 Å². The summed E-state index contributed by atoms with van der Waals surface area (Å²) in [7, 11) is 0. The molecule has 0 aliphatic heterocycles. The first-order valence-corrected chi connectivity index (χ1v) is 8.26. The Labute approximate surface area is 122 Å². The van der Waals surface area contributed by atoms with Crippen molar-refractivity contribution in [2.45, 2.75) is 32.7 Å². The number of carbonyl (C=O) groups excluding carboxylic acids is 1. The zero-order valence-corrected chi connectivity index (χ0v) is 13.1. The van der Waals surface area contributed by atoms with Crippen molar-refractivity contribution in [3.63, 3.8) is 0 Å². The number of nitrogens with one attached hydrogen (secondary N) is 1. The minimum atomic E-state index is 0.141. The molecule has 0 fully saturated rings.